The molecule has 0 amide bonds. The summed E-state index contributed by atoms with van der Waals surface area (Å²) in [6.45, 7) is 5.44. The molecule has 48 heavy (non-hydrogen) atoms. The topological polar surface area (TPSA) is 77.4 Å². The van der Waals surface area contributed by atoms with Crippen LogP contribution in [0, 0.1) is 0 Å². The zero-order chi connectivity index (χ0) is 35.2. The van der Waals surface area contributed by atoms with Crippen molar-refractivity contribution < 1.29 is 23.9 Å². The van der Waals surface area contributed by atoms with E-state index in [1.54, 1.807) is 12.2 Å². The van der Waals surface area contributed by atoms with Crippen molar-refractivity contribution in [1.29, 1.82) is 0 Å². The van der Waals surface area contributed by atoms with E-state index in [4.69, 9.17) is 14.3 Å². The minimum atomic E-state index is -0.206. The molecule has 0 aromatic rings. The first-order valence-electron chi connectivity index (χ1n) is 19.7. The monoisotopic (exact) mass is 675 g/mol. The van der Waals surface area contributed by atoms with Gasteiger partial charge >= 0.3 is 11.9 Å². The third-order valence-corrected chi connectivity index (χ3v) is 8.22. The number of oxime groups is 1. The number of hydrogen-bond donors (Lipinski definition) is 0. The summed E-state index contributed by atoms with van der Waals surface area (Å²) in [4.78, 5) is 31.6. The number of allylic oxidation sites excluding steroid dienone is 3. The van der Waals surface area contributed by atoms with Gasteiger partial charge in [-0.05, 0) is 70.4 Å². The number of carbonyl (C=O) groups excluding carboxylic acids is 2. The molecule has 0 rings (SSSR count). The minimum Gasteiger partial charge on any atom is -0.463 e. The first kappa shape index (κ1) is 45.4. The van der Waals surface area contributed by atoms with Crippen LogP contribution in [-0.4, -0.2) is 56.5 Å². The lowest BCUT2D eigenvalue weighted by atomic mass is 10.0. The lowest BCUT2D eigenvalue weighted by Gasteiger charge is -2.15. The molecule has 0 aliphatic heterocycles. The van der Waals surface area contributed by atoms with Crippen molar-refractivity contribution in [3.8, 4) is 0 Å². The van der Waals surface area contributed by atoms with Crippen molar-refractivity contribution in [2.45, 2.75) is 180 Å². The normalized spacial score (nSPS) is 11.9. The SMILES string of the molecule is CCCCCC/C=C\C(=O)OCCCCCCCCC(CCCCCCCCOC(=O)/C=C\CCCCCC)O/N=C/C/C=C/N(C)C. The highest BCUT2D eigenvalue weighted by atomic mass is 16.6. The van der Waals surface area contributed by atoms with Crippen LogP contribution < -0.4 is 0 Å². The molecule has 0 saturated carbocycles. The van der Waals surface area contributed by atoms with E-state index in [0.717, 1.165) is 83.5 Å². The molecular weight excluding hydrogens is 600 g/mol. The van der Waals surface area contributed by atoms with Crippen molar-refractivity contribution >= 4 is 18.2 Å². The van der Waals surface area contributed by atoms with Gasteiger partial charge < -0.3 is 19.2 Å². The first-order valence-corrected chi connectivity index (χ1v) is 19.7. The molecule has 278 valence electrons. The van der Waals surface area contributed by atoms with Gasteiger partial charge in [-0.3, -0.25) is 0 Å². The Hall–Kier alpha value is -2.57. The fraction of sp³-hybridized carbons (Fsp3) is 0.780. The van der Waals surface area contributed by atoms with Crippen molar-refractivity contribution in [1.82, 2.24) is 4.90 Å². The molecule has 7 nitrogen and oxygen atoms in total. The van der Waals surface area contributed by atoms with Crippen molar-refractivity contribution in [2.75, 3.05) is 27.3 Å². The Morgan fingerprint density at radius 2 is 1.02 bits per heavy atom. The fourth-order valence-electron chi connectivity index (χ4n) is 5.30. The van der Waals surface area contributed by atoms with Gasteiger partial charge in [-0.25, -0.2) is 9.59 Å². The third-order valence-electron chi connectivity index (χ3n) is 8.22. The number of hydrogen-bond acceptors (Lipinski definition) is 7. The minimum absolute atomic E-state index is 0.164. The number of unbranched alkanes of at least 4 members (excludes halogenated alkanes) is 18. The summed E-state index contributed by atoms with van der Waals surface area (Å²) in [6.07, 6.45) is 41.1. The zero-order valence-electron chi connectivity index (χ0n) is 31.6. The van der Waals surface area contributed by atoms with Crippen LogP contribution in [-0.2, 0) is 23.9 Å². The van der Waals surface area contributed by atoms with E-state index in [1.165, 1.54) is 77.0 Å². The van der Waals surface area contributed by atoms with Crippen LogP contribution >= 0.6 is 0 Å². The predicted octanol–water partition coefficient (Wildman–Crippen LogP) is 11.4. The van der Waals surface area contributed by atoms with E-state index in [-0.39, 0.29) is 18.0 Å². The van der Waals surface area contributed by atoms with E-state index in [2.05, 4.69) is 25.1 Å². The molecular formula is C41H74N2O5. The van der Waals surface area contributed by atoms with Gasteiger partial charge in [0.05, 0.1) is 13.2 Å². The van der Waals surface area contributed by atoms with Gasteiger partial charge in [0, 0.05) is 38.9 Å². The van der Waals surface area contributed by atoms with Crippen LogP contribution in [0.4, 0.5) is 0 Å². The summed E-state index contributed by atoms with van der Waals surface area (Å²) in [5.74, 6) is -0.412. The first-order chi connectivity index (χ1) is 23.5. The summed E-state index contributed by atoms with van der Waals surface area (Å²) < 4.78 is 10.7. The highest BCUT2D eigenvalue weighted by molar-refractivity contribution is 5.82. The smallest absolute Gasteiger partial charge is 0.330 e. The average molecular weight is 675 g/mol. The van der Waals surface area contributed by atoms with Crippen LogP contribution in [0.2, 0.25) is 0 Å². The highest BCUT2D eigenvalue weighted by Gasteiger charge is 2.09. The third kappa shape index (κ3) is 36.3. The van der Waals surface area contributed by atoms with Gasteiger partial charge in [0.2, 0.25) is 0 Å². The quantitative estimate of drug-likeness (QED) is 0.0219. The van der Waals surface area contributed by atoms with Crippen LogP contribution in [0.25, 0.3) is 0 Å². The summed E-state index contributed by atoms with van der Waals surface area (Å²) >= 11 is 0. The molecule has 0 saturated heterocycles. The molecule has 0 aliphatic rings. The van der Waals surface area contributed by atoms with Gasteiger partial charge in [-0.1, -0.05) is 127 Å². The maximum Gasteiger partial charge on any atom is 0.330 e. The molecule has 0 heterocycles. The summed E-state index contributed by atoms with van der Waals surface area (Å²) in [5, 5.41) is 4.28. The fourth-order valence-corrected chi connectivity index (χ4v) is 5.30. The Morgan fingerprint density at radius 1 is 0.583 bits per heavy atom. The predicted molar refractivity (Wildman–Crippen MR) is 203 cm³/mol. The summed E-state index contributed by atoms with van der Waals surface area (Å²) in [5.41, 5.74) is 0. The van der Waals surface area contributed by atoms with E-state index in [9.17, 15) is 9.59 Å². The van der Waals surface area contributed by atoms with Crippen LogP contribution in [0.1, 0.15) is 174 Å². The van der Waals surface area contributed by atoms with Gasteiger partial charge in [-0.2, -0.15) is 0 Å². The standard InChI is InChI=1S/C41H74N2O5/c1-5-7-9-11-19-25-33-40(44)46-37-29-21-15-13-17-23-31-39(48-42-35-27-28-36-43(3)4)32-24-18-14-16-22-30-38-47-41(45)34-26-20-12-10-8-6-2/h25-26,28,33-36,39H,5-24,27,29-32,37-38H2,1-4H3/b33-25-,34-26-,36-28+,42-35+. The molecule has 0 bridgehead atoms. The number of ether oxygens (including phenoxy) is 2. The van der Waals surface area contributed by atoms with Crippen LogP contribution in [0.3, 0.4) is 0 Å². The highest BCUT2D eigenvalue weighted by Crippen LogP contribution is 2.17. The van der Waals surface area contributed by atoms with Crippen LogP contribution in [0.5, 0.6) is 0 Å². The van der Waals surface area contributed by atoms with Crippen LogP contribution in [0.15, 0.2) is 41.7 Å². The van der Waals surface area contributed by atoms with Gasteiger partial charge in [-0.15, -0.1) is 0 Å². The number of nitrogens with zero attached hydrogens (tertiary/aromatic N) is 2. The Bertz CT molecular complexity index is 785. The van der Waals surface area contributed by atoms with Gasteiger partial charge in [0.25, 0.3) is 0 Å². The molecule has 0 spiro atoms. The molecule has 0 atom stereocenters. The zero-order valence-corrected chi connectivity index (χ0v) is 31.6. The summed E-state index contributed by atoms with van der Waals surface area (Å²) in [7, 11) is 4.02. The Morgan fingerprint density at radius 3 is 1.48 bits per heavy atom. The number of rotatable bonds is 35. The molecule has 0 fully saturated rings. The second kappa shape index (κ2) is 37.3. The van der Waals surface area contributed by atoms with Gasteiger partial charge in [0.15, 0.2) is 0 Å². The van der Waals surface area contributed by atoms with Gasteiger partial charge in [0.1, 0.15) is 6.10 Å². The Balaban J connectivity index is 4.06. The second-order valence-corrected chi connectivity index (χ2v) is 13.3. The molecule has 0 aliphatic carbocycles. The molecule has 7 heteroatoms. The molecule has 0 unspecified atom stereocenters. The summed E-state index contributed by atoms with van der Waals surface area (Å²) in [6, 6.07) is 0. The molecule has 0 aromatic heterocycles. The van der Waals surface area contributed by atoms with Crippen molar-refractivity contribution in [3.05, 3.63) is 36.6 Å². The molecule has 0 radical (unpaired) electrons. The second-order valence-electron chi connectivity index (χ2n) is 13.3. The largest absolute Gasteiger partial charge is 0.463 e. The number of esters is 2. The lowest BCUT2D eigenvalue weighted by molar-refractivity contribution is -0.138. The average Bonchev–Trinajstić information content (AvgIpc) is 3.07. The maximum atomic E-state index is 11.8. The lowest BCUT2D eigenvalue weighted by Crippen LogP contribution is -2.10. The van der Waals surface area contributed by atoms with Crippen molar-refractivity contribution in [3.63, 3.8) is 0 Å². The molecule has 0 N–H and O–H groups in total. The van der Waals surface area contributed by atoms with E-state index in [0.29, 0.717) is 13.2 Å². The Labute approximate surface area is 296 Å². The number of carbonyl (C=O) groups is 2. The Kier molecular flexibility index (Phi) is 35.3. The van der Waals surface area contributed by atoms with E-state index < -0.39 is 0 Å². The molecule has 0 aromatic carbocycles. The van der Waals surface area contributed by atoms with E-state index >= 15 is 0 Å². The maximum absolute atomic E-state index is 11.8. The van der Waals surface area contributed by atoms with Crippen molar-refractivity contribution in [2.24, 2.45) is 5.16 Å². The van der Waals surface area contributed by atoms with E-state index in [1.807, 2.05) is 43.6 Å².